The van der Waals surface area contributed by atoms with Gasteiger partial charge in [-0.15, -0.1) is 0 Å². The number of carbonyl (C=O) groups excluding carboxylic acids is 1. The van der Waals surface area contributed by atoms with Gasteiger partial charge in [0.25, 0.3) is 0 Å². The predicted molar refractivity (Wildman–Crippen MR) is 84.4 cm³/mol. The molecule has 3 rings (SSSR count). The minimum Gasteiger partial charge on any atom is -0.497 e. The Kier molecular flexibility index (Phi) is 4.44. The van der Waals surface area contributed by atoms with E-state index in [-0.39, 0.29) is 0 Å². The third-order valence-corrected chi connectivity index (χ3v) is 4.86. The molecular formula is C17H24N2O2. The molecule has 2 fully saturated rings. The molecule has 0 amide bonds. The third-order valence-electron chi connectivity index (χ3n) is 4.86. The highest BCUT2D eigenvalue weighted by Gasteiger charge is 2.26. The lowest BCUT2D eigenvalue weighted by molar-refractivity contribution is 0.112. The topological polar surface area (TPSA) is 32.8 Å². The monoisotopic (exact) mass is 288 g/mol. The molecule has 1 saturated carbocycles. The zero-order valence-corrected chi connectivity index (χ0v) is 12.8. The molecule has 1 aromatic rings. The quantitative estimate of drug-likeness (QED) is 0.797. The van der Waals surface area contributed by atoms with Crippen LogP contribution in [0.3, 0.4) is 0 Å². The lowest BCUT2D eigenvalue weighted by Gasteiger charge is -2.39. The van der Waals surface area contributed by atoms with Crippen LogP contribution in [-0.4, -0.2) is 50.5 Å². The van der Waals surface area contributed by atoms with Gasteiger partial charge in [0.05, 0.1) is 12.8 Å². The average molecular weight is 288 g/mol. The lowest BCUT2D eigenvalue weighted by atomic mass is 10.1. The maximum atomic E-state index is 11.3. The number of nitrogens with zero attached hydrogens (tertiary/aromatic N) is 2. The number of ether oxygens (including phenoxy) is 1. The van der Waals surface area contributed by atoms with E-state index in [0.717, 1.165) is 55.5 Å². The Labute approximate surface area is 126 Å². The summed E-state index contributed by atoms with van der Waals surface area (Å²) >= 11 is 0. The first-order valence-electron chi connectivity index (χ1n) is 7.94. The van der Waals surface area contributed by atoms with Crippen LogP contribution in [0.1, 0.15) is 36.0 Å². The maximum Gasteiger partial charge on any atom is 0.152 e. The van der Waals surface area contributed by atoms with Gasteiger partial charge in [-0.3, -0.25) is 9.69 Å². The molecule has 0 bridgehead atoms. The van der Waals surface area contributed by atoms with Crippen LogP contribution in [-0.2, 0) is 0 Å². The number of piperazine rings is 1. The lowest BCUT2D eigenvalue weighted by Crippen LogP contribution is -2.50. The molecular weight excluding hydrogens is 264 g/mol. The van der Waals surface area contributed by atoms with Gasteiger partial charge in [-0.05, 0) is 25.0 Å². The summed E-state index contributed by atoms with van der Waals surface area (Å²) in [7, 11) is 1.66. The first-order chi connectivity index (χ1) is 10.3. The Morgan fingerprint density at radius 2 is 1.86 bits per heavy atom. The fraction of sp³-hybridized carbons (Fsp3) is 0.588. The van der Waals surface area contributed by atoms with Gasteiger partial charge in [0.2, 0.25) is 0 Å². The molecule has 1 heterocycles. The van der Waals surface area contributed by atoms with E-state index in [0.29, 0.717) is 0 Å². The van der Waals surface area contributed by atoms with Crippen LogP contribution in [0.25, 0.3) is 0 Å². The van der Waals surface area contributed by atoms with E-state index >= 15 is 0 Å². The van der Waals surface area contributed by atoms with Crippen molar-refractivity contribution in [2.75, 3.05) is 38.2 Å². The highest BCUT2D eigenvalue weighted by molar-refractivity contribution is 5.85. The second kappa shape index (κ2) is 6.48. The number of aldehydes is 1. The fourth-order valence-electron chi connectivity index (χ4n) is 3.62. The third kappa shape index (κ3) is 3.05. The SMILES string of the molecule is COc1ccc(C=O)c(N2CCN(C3CCCC3)CC2)c1. The summed E-state index contributed by atoms with van der Waals surface area (Å²) in [6.07, 6.45) is 6.43. The molecule has 21 heavy (non-hydrogen) atoms. The number of benzene rings is 1. The molecule has 0 unspecified atom stereocenters. The summed E-state index contributed by atoms with van der Waals surface area (Å²) in [6.45, 7) is 4.18. The molecule has 4 heteroatoms. The van der Waals surface area contributed by atoms with Gasteiger partial charge in [0.15, 0.2) is 6.29 Å². The summed E-state index contributed by atoms with van der Waals surface area (Å²) in [5.41, 5.74) is 1.76. The van der Waals surface area contributed by atoms with E-state index in [1.807, 2.05) is 18.2 Å². The van der Waals surface area contributed by atoms with Gasteiger partial charge in [-0.25, -0.2) is 0 Å². The number of anilines is 1. The maximum absolute atomic E-state index is 11.3. The van der Waals surface area contributed by atoms with Crippen molar-refractivity contribution in [1.82, 2.24) is 4.90 Å². The van der Waals surface area contributed by atoms with Crippen molar-refractivity contribution < 1.29 is 9.53 Å². The first kappa shape index (κ1) is 14.4. The number of methoxy groups -OCH3 is 1. The highest BCUT2D eigenvalue weighted by Crippen LogP contribution is 2.28. The van der Waals surface area contributed by atoms with Crippen LogP contribution in [0.15, 0.2) is 18.2 Å². The Bertz CT molecular complexity index is 490. The van der Waals surface area contributed by atoms with Gasteiger partial charge >= 0.3 is 0 Å². The van der Waals surface area contributed by atoms with Gasteiger partial charge in [-0.1, -0.05) is 12.8 Å². The van der Waals surface area contributed by atoms with Crippen molar-refractivity contribution in [3.8, 4) is 5.75 Å². The molecule has 1 aliphatic carbocycles. The van der Waals surface area contributed by atoms with E-state index in [4.69, 9.17) is 4.74 Å². The van der Waals surface area contributed by atoms with Crippen LogP contribution in [0.5, 0.6) is 5.75 Å². The Morgan fingerprint density at radius 1 is 1.14 bits per heavy atom. The molecule has 0 atom stereocenters. The Hall–Kier alpha value is -1.55. The summed E-state index contributed by atoms with van der Waals surface area (Å²) in [5.74, 6) is 0.814. The molecule has 1 saturated heterocycles. The summed E-state index contributed by atoms with van der Waals surface area (Å²) in [6, 6.07) is 6.48. The van der Waals surface area contributed by atoms with Crippen molar-refractivity contribution >= 4 is 12.0 Å². The van der Waals surface area contributed by atoms with Crippen molar-refractivity contribution in [3.05, 3.63) is 23.8 Å². The summed E-state index contributed by atoms with van der Waals surface area (Å²) < 4.78 is 5.29. The van der Waals surface area contributed by atoms with Gasteiger partial charge in [0.1, 0.15) is 5.75 Å². The van der Waals surface area contributed by atoms with E-state index < -0.39 is 0 Å². The molecule has 0 spiro atoms. The molecule has 0 radical (unpaired) electrons. The normalized spacial score (nSPS) is 20.7. The Morgan fingerprint density at radius 3 is 2.48 bits per heavy atom. The minimum atomic E-state index is 0.755. The highest BCUT2D eigenvalue weighted by atomic mass is 16.5. The van der Waals surface area contributed by atoms with Crippen LogP contribution in [0, 0.1) is 0 Å². The number of hydrogen-bond acceptors (Lipinski definition) is 4. The van der Waals surface area contributed by atoms with Gasteiger partial charge in [-0.2, -0.15) is 0 Å². The summed E-state index contributed by atoms with van der Waals surface area (Å²) in [4.78, 5) is 16.2. The van der Waals surface area contributed by atoms with E-state index in [2.05, 4.69) is 9.80 Å². The standard InChI is InChI=1S/C17H24N2O2/c1-21-16-7-6-14(13-20)17(12-16)19-10-8-18(9-11-19)15-4-2-3-5-15/h6-7,12-13,15H,2-5,8-11H2,1H3. The second-order valence-electron chi connectivity index (χ2n) is 6.00. The van der Waals surface area contributed by atoms with Crippen LogP contribution < -0.4 is 9.64 Å². The average Bonchev–Trinajstić information content (AvgIpc) is 3.09. The number of carbonyl (C=O) groups is 1. The van der Waals surface area contributed by atoms with E-state index in [1.165, 1.54) is 25.7 Å². The Balaban J connectivity index is 1.69. The van der Waals surface area contributed by atoms with Crippen LogP contribution in [0.4, 0.5) is 5.69 Å². The van der Waals surface area contributed by atoms with Crippen molar-refractivity contribution in [1.29, 1.82) is 0 Å². The van der Waals surface area contributed by atoms with Crippen LogP contribution >= 0.6 is 0 Å². The first-order valence-corrected chi connectivity index (χ1v) is 7.94. The van der Waals surface area contributed by atoms with E-state index in [9.17, 15) is 4.79 Å². The molecule has 0 N–H and O–H groups in total. The molecule has 0 aromatic heterocycles. The smallest absolute Gasteiger partial charge is 0.152 e. The minimum absolute atomic E-state index is 0.755. The van der Waals surface area contributed by atoms with Gasteiger partial charge in [0, 0.05) is 43.9 Å². The van der Waals surface area contributed by atoms with Gasteiger partial charge < -0.3 is 9.64 Å². The molecule has 1 aliphatic heterocycles. The zero-order chi connectivity index (χ0) is 14.7. The van der Waals surface area contributed by atoms with Crippen molar-refractivity contribution in [2.24, 2.45) is 0 Å². The van der Waals surface area contributed by atoms with Crippen molar-refractivity contribution in [3.63, 3.8) is 0 Å². The second-order valence-corrected chi connectivity index (χ2v) is 6.00. The predicted octanol–water partition coefficient (Wildman–Crippen LogP) is 2.57. The number of rotatable bonds is 4. The van der Waals surface area contributed by atoms with Crippen molar-refractivity contribution in [2.45, 2.75) is 31.7 Å². The molecule has 2 aliphatic rings. The van der Waals surface area contributed by atoms with Crippen LogP contribution in [0.2, 0.25) is 0 Å². The molecule has 1 aromatic carbocycles. The molecule has 4 nitrogen and oxygen atoms in total. The molecule has 114 valence electrons. The fourth-order valence-corrected chi connectivity index (χ4v) is 3.62. The largest absolute Gasteiger partial charge is 0.497 e. The summed E-state index contributed by atoms with van der Waals surface area (Å²) in [5, 5.41) is 0. The zero-order valence-electron chi connectivity index (χ0n) is 12.8. The number of hydrogen-bond donors (Lipinski definition) is 0. The van der Waals surface area contributed by atoms with E-state index in [1.54, 1.807) is 7.11 Å².